The van der Waals surface area contributed by atoms with Crippen LogP contribution in [0.15, 0.2) is 71.3 Å². The Morgan fingerprint density at radius 2 is 1.75 bits per heavy atom. The number of rotatable bonds is 5. The molecule has 0 atom stereocenters. The number of anilines is 1. The molecule has 1 N–H and O–H groups in total. The van der Waals surface area contributed by atoms with Crippen LogP contribution in [0.3, 0.4) is 0 Å². The Morgan fingerprint density at radius 3 is 2.42 bits per heavy atom. The monoisotopic (exact) mass is 321 g/mol. The maximum atomic E-state index is 12.5. The second kappa shape index (κ2) is 6.83. The van der Waals surface area contributed by atoms with Crippen LogP contribution in [0.4, 0.5) is 5.69 Å². The van der Waals surface area contributed by atoms with E-state index in [4.69, 9.17) is 9.15 Å². The van der Waals surface area contributed by atoms with Gasteiger partial charge in [0.25, 0.3) is 5.91 Å². The maximum Gasteiger partial charge on any atom is 0.291 e. The van der Waals surface area contributed by atoms with E-state index in [0.717, 1.165) is 0 Å². The van der Waals surface area contributed by atoms with Gasteiger partial charge in [0, 0.05) is 11.1 Å². The molecule has 2 aromatic carbocycles. The maximum absolute atomic E-state index is 12.5. The fraction of sp³-hybridized carbons (Fsp3) is 0.0526. The number of methoxy groups -OCH3 is 1. The number of furan rings is 1. The molecular weight excluding hydrogens is 306 g/mol. The van der Waals surface area contributed by atoms with E-state index in [1.165, 1.54) is 13.4 Å². The van der Waals surface area contributed by atoms with Gasteiger partial charge in [0.15, 0.2) is 11.5 Å². The predicted octanol–water partition coefficient (Wildman–Crippen LogP) is 3.77. The molecule has 1 aromatic heterocycles. The molecule has 0 saturated heterocycles. The Bertz CT molecular complexity index is 854. The molecule has 24 heavy (non-hydrogen) atoms. The highest BCUT2D eigenvalue weighted by atomic mass is 16.5. The van der Waals surface area contributed by atoms with Crippen molar-refractivity contribution in [2.24, 2.45) is 0 Å². The molecule has 0 fully saturated rings. The molecule has 120 valence electrons. The quantitative estimate of drug-likeness (QED) is 0.726. The molecule has 0 aliphatic heterocycles. The number of carbonyl (C=O) groups excluding carboxylic acids is 2. The summed E-state index contributed by atoms with van der Waals surface area (Å²) in [5.74, 6) is 0.0886. The van der Waals surface area contributed by atoms with Crippen LogP contribution in [0.25, 0.3) is 0 Å². The zero-order valence-corrected chi connectivity index (χ0v) is 13.0. The van der Waals surface area contributed by atoms with Crippen molar-refractivity contribution < 1.29 is 18.7 Å². The summed E-state index contributed by atoms with van der Waals surface area (Å²) in [7, 11) is 1.50. The summed E-state index contributed by atoms with van der Waals surface area (Å²) in [5.41, 5.74) is 1.43. The van der Waals surface area contributed by atoms with E-state index >= 15 is 0 Å². The number of carbonyl (C=O) groups is 2. The van der Waals surface area contributed by atoms with Crippen molar-refractivity contribution >= 4 is 17.4 Å². The number of ketones is 1. The van der Waals surface area contributed by atoms with Crippen LogP contribution in [0.5, 0.6) is 5.75 Å². The third-order valence-corrected chi connectivity index (χ3v) is 3.49. The fourth-order valence-corrected chi connectivity index (χ4v) is 2.29. The molecule has 0 saturated carbocycles. The van der Waals surface area contributed by atoms with Crippen molar-refractivity contribution in [1.29, 1.82) is 0 Å². The minimum atomic E-state index is -0.414. The molecule has 0 aliphatic rings. The molecule has 0 spiro atoms. The van der Waals surface area contributed by atoms with E-state index in [-0.39, 0.29) is 11.5 Å². The van der Waals surface area contributed by atoms with Crippen LogP contribution in [-0.4, -0.2) is 18.8 Å². The molecule has 5 heteroatoms. The van der Waals surface area contributed by atoms with Crippen molar-refractivity contribution in [1.82, 2.24) is 0 Å². The van der Waals surface area contributed by atoms with Gasteiger partial charge in [-0.3, -0.25) is 9.59 Å². The Labute approximate surface area is 138 Å². The minimum Gasteiger partial charge on any atom is -0.495 e. The van der Waals surface area contributed by atoms with E-state index in [9.17, 15) is 9.59 Å². The minimum absolute atomic E-state index is 0.133. The number of nitrogens with one attached hydrogen (secondary N) is 1. The van der Waals surface area contributed by atoms with Gasteiger partial charge in [0.2, 0.25) is 0 Å². The van der Waals surface area contributed by atoms with Crippen molar-refractivity contribution in [2.75, 3.05) is 12.4 Å². The zero-order chi connectivity index (χ0) is 16.9. The molecular formula is C19H15NO4. The summed E-state index contributed by atoms with van der Waals surface area (Å²) >= 11 is 0. The van der Waals surface area contributed by atoms with E-state index in [2.05, 4.69) is 5.32 Å². The van der Waals surface area contributed by atoms with Gasteiger partial charge < -0.3 is 14.5 Å². The average Bonchev–Trinajstić information content (AvgIpc) is 3.16. The van der Waals surface area contributed by atoms with Crippen molar-refractivity contribution in [3.8, 4) is 5.75 Å². The first-order chi connectivity index (χ1) is 11.7. The topological polar surface area (TPSA) is 68.5 Å². The van der Waals surface area contributed by atoms with E-state index in [0.29, 0.717) is 22.6 Å². The Hall–Kier alpha value is -3.34. The number of benzene rings is 2. The van der Waals surface area contributed by atoms with Gasteiger partial charge >= 0.3 is 0 Å². The van der Waals surface area contributed by atoms with Gasteiger partial charge in [0.1, 0.15) is 5.75 Å². The van der Waals surface area contributed by atoms with Crippen molar-refractivity contribution in [3.05, 3.63) is 83.8 Å². The average molecular weight is 321 g/mol. The smallest absolute Gasteiger partial charge is 0.291 e. The lowest BCUT2D eigenvalue weighted by molar-refractivity contribution is 0.0994. The van der Waals surface area contributed by atoms with Crippen LogP contribution in [0.1, 0.15) is 26.5 Å². The lowest BCUT2D eigenvalue weighted by Gasteiger charge is -2.11. The lowest BCUT2D eigenvalue weighted by atomic mass is 10.0. The van der Waals surface area contributed by atoms with E-state index in [1.54, 1.807) is 54.6 Å². The normalized spacial score (nSPS) is 10.2. The van der Waals surface area contributed by atoms with Crippen molar-refractivity contribution in [3.63, 3.8) is 0 Å². The summed E-state index contributed by atoms with van der Waals surface area (Å²) in [6.45, 7) is 0. The largest absolute Gasteiger partial charge is 0.495 e. The summed E-state index contributed by atoms with van der Waals surface area (Å²) in [6, 6.07) is 17.0. The Kier molecular flexibility index (Phi) is 4.43. The first-order valence-electron chi connectivity index (χ1n) is 7.31. The second-order valence-corrected chi connectivity index (χ2v) is 5.04. The number of hydrogen-bond donors (Lipinski definition) is 1. The fourth-order valence-electron chi connectivity index (χ4n) is 2.29. The van der Waals surface area contributed by atoms with E-state index in [1.807, 2.05) is 6.07 Å². The molecule has 0 radical (unpaired) electrons. The molecule has 0 bridgehead atoms. The first kappa shape index (κ1) is 15.6. The molecule has 1 amide bonds. The van der Waals surface area contributed by atoms with Gasteiger partial charge in [0.05, 0.1) is 19.1 Å². The highest BCUT2D eigenvalue weighted by Gasteiger charge is 2.15. The molecule has 0 unspecified atom stereocenters. The molecule has 5 nitrogen and oxygen atoms in total. The summed E-state index contributed by atoms with van der Waals surface area (Å²) in [4.78, 5) is 24.7. The van der Waals surface area contributed by atoms with Crippen LogP contribution >= 0.6 is 0 Å². The molecule has 0 aliphatic carbocycles. The third kappa shape index (κ3) is 3.20. The molecule has 1 heterocycles. The number of amides is 1. The summed E-state index contributed by atoms with van der Waals surface area (Å²) < 4.78 is 10.3. The Morgan fingerprint density at radius 1 is 0.958 bits per heavy atom. The SMILES string of the molecule is COc1ccc(C(=O)c2ccccc2)cc1NC(=O)c1ccco1. The third-order valence-electron chi connectivity index (χ3n) is 3.49. The van der Waals surface area contributed by atoms with Gasteiger partial charge in [-0.15, -0.1) is 0 Å². The van der Waals surface area contributed by atoms with Crippen LogP contribution in [0, 0.1) is 0 Å². The highest BCUT2D eigenvalue weighted by molar-refractivity contribution is 6.10. The lowest BCUT2D eigenvalue weighted by Crippen LogP contribution is -2.12. The number of ether oxygens (including phenoxy) is 1. The van der Waals surface area contributed by atoms with Crippen molar-refractivity contribution in [2.45, 2.75) is 0 Å². The molecule has 3 rings (SSSR count). The first-order valence-corrected chi connectivity index (χ1v) is 7.31. The summed E-state index contributed by atoms with van der Waals surface area (Å²) in [6.07, 6.45) is 1.42. The van der Waals surface area contributed by atoms with Crippen LogP contribution < -0.4 is 10.1 Å². The Balaban J connectivity index is 1.91. The van der Waals surface area contributed by atoms with Gasteiger partial charge in [-0.2, -0.15) is 0 Å². The van der Waals surface area contributed by atoms with Gasteiger partial charge in [-0.05, 0) is 30.3 Å². The predicted molar refractivity (Wildman–Crippen MR) is 89.5 cm³/mol. The van der Waals surface area contributed by atoms with E-state index < -0.39 is 5.91 Å². The number of hydrogen-bond acceptors (Lipinski definition) is 4. The van der Waals surface area contributed by atoms with Gasteiger partial charge in [-0.1, -0.05) is 30.3 Å². The zero-order valence-electron chi connectivity index (χ0n) is 13.0. The highest BCUT2D eigenvalue weighted by Crippen LogP contribution is 2.27. The molecule has 3 aromatic rings. The van der Waals surface area contributed by atoms with Gasteiger partial charge in [-0.25, -0.2) is 0 Å². The standard InChI is InChI=1S/C19H15NO4/c1-23-16-10-9-14(18(21)13-6-3-2-4-7-13)12-15(16)20-19(22)17-8-5-11-24-17/h2-12H,1H3,(H,20,22). The summed E-state index contributed by atoms with van der Waals surface area (Å²) in [5, 5.41) is 2.70. The van der Waals surface area contributed by atoms with Crippen LogP contribution in [-0.2, 0) is 0 Å². The van der Waals surface area contributed by atoms with Crippen LogP contribution in [0.2, 0.25) is 0 Å². The second-order valence-electron chi connectivity index (χ2n) is 5.04.